The normalized spacial score (nSPS) is 10.2. The number of primary amides is 1. The van der Waals surface area contributed by atoms with Crippen LogP contribution in [-0.2, 0) is 6.54 Å². The molecular weight excluding hydrogens is 292 g/mol. The summed E-state index contributed by atoms with van der Waals surface area (Å²) in [4.78, 5) is 17.6. The average molecular weight is 307 g/mol. The van der Waals surface area contributed by atoms with E-state index in [9.17, 15) is 4.79 Å². The molecule has 2 rings (SSSR count). The average Bonchev–Trinajstić information content (AvgIpc) is 2.46. The summed E-state index contributed by atoms with van der Waals surface area (Å²) >= 11 is 5.70. The van der Waals surface area contributed by atoms with Gasteiger partial charge in [0.2, 0.25) is 0 Å². The summed E-state index contributed by atoms with van der Waals surface area (Å²) in [6, 6.07) is 5.22. The van der Waals surface area contributed by atoms with Gasteiger partial charge in [0.15, 0.2) is 11.0 Å². The van der Waals surface area contributed by atoms with E-state index >= 15 is 0 Å². The molecule has 21 heavy (non-hydrogen) atoms. The summed E-state index contributed by atoms with van der Waals surface area (Å²) in [5.74, 6) is 0.543. The van der Waals surface area contributed by atoms with Gasteiger partial charge in [0, 0.05) is 26.8 Å². The number of pyridine rings is 1. The fourth-order valence-electron chi connectivity index (χ4n) is 1.66. The lowest BCUT2D eigenvalue weighted by Gasteiger charge is -2.12. The van der Waals surface area contributed by atoms with E-state index in [2.05, 4.69) is 20.5 Å². The maximum absolute atomic E-state index is 11.3. The minimum Gasteiger partial charge on any atom is -0.365 e. The third kappa shape index (κ3) is 3.79. The maximum Gasteiger partial charge on any atom is 0.252 e. The molecule has 0 spiro atoms. The Balaban J connectivity index is 2.11. The van der Waals surface area contributed by atoms with Crippen molar-refractivity contribution < 1.29 is 4.79 Å². The second-order valence-corrected chi connectivity index (χ2v) is 4.95. The Morgan fingerprint density at radius 3 is 2.71 bits per heavy atom. The molecular formula is C13H15ClN6O. The van der Waals surface area contributed by atoms with Gasteiger partial charge in [-0.2, -0.15) is 0 Å². The maximum atomic E-state index is 11.3. The molecule has 0 aliphatic heterocycles. The monoisotopic (exact) mass is 306 g/mol. The van der Waals surface area contributed by atoms with Gasteiger partial charge in [-0.15, -0.1) is 10.2 Å². The number of nitrogens with one attached hydrogen (secondary N) is 1. The van der Waals surface area contributed by atoms with Gasteiger partial charge >= 0.3 is 0 Å². The highest BCUT2D eigenvalue weighted by Crippen LogP contribution is 2.16. The van der Waals surface area contributed by atoms with Crippen LogP contribution in [0.2, 0.25) is 5.15 Å². The molecule has 0 aliphatic carbocycles. The van der Waals surface area contributed by atoms with E-state index in [1.165, 1.54) is 6.07 Å². The fraction of sp³-hybridized carbons (Fsp3) is 0.231. The number of aromatic nitrogens is 3. The van der Waals surface area contributed by atoms with Crippen molar-refractivity contribution in [3.05, 3.63) is 40.7 Å². The van der Waals surface area contributed by atoms with Crippen molar-refractivity contribution >= 4 is 29.1 Å². The third-order valence-electron chi connectivity index (χ3n) is 2.76. The molecule has 2 aromatic rings. The minimum absolute atomic E-state index is 0.117. The van der Waals surface area contributed by atoms with Crippen LogP contribution in [0.25, 0.3) is 0 Å². The number of anilines is 2. The molecule has 0 aromatic carbocycles. The Morgan fingerprint density at radius 1 is 1.38 bits per heavy atom. The molecule has 2 aromatic heterocycles. The van der Waals surface area contributed by atoms with Gasteiger partial charge in [-0.1, -0.05) is 17.7 Å². The topological polar surface area (TPSA) is 97.0 Å². The molecule has 0 fully saturated rings. The van der Waals surface area contributed by atoms with Crippen LogP contribution in [-0.4, -0.2) is 35.2 Å². The number of halogens is 1. The Morgan fingerprint density at radius 2 is 2.14 bits per heavy atom. The lowest BCUT2D eigenvalue weighted by atomic mass is 10.2. The van der Waals surface area contributed by atoms with E-state index in [4.69, 9.17) is 17.3 Å². The number of carbonyl (C=O) groups is 1. The number of nitrogens with two attached hydrogens (primary N) is 1. The predicted molar refractivity (Wildman–Crippen MR) is 81.5 cm³/mol. The van der Waals surface area contributed by atoms with Crippen molar-refractivity contribution in [2.45, 2.75) is 6.54 Å². The van der Waals surface area contributed by atoms with Crippen LogP contribution in [0, 0.1) is 0 Å². The summed E-state index contributed by atoms with van der Waals surface area (Å²) in [5.41, 5.74) is 6.42. The first-order valence-corrected chi connectivity index (χ1v) is 6.54. The second-order valence-electron chi connectivity index (χ2n) is 4.57. The van der Waals surface area contributed by atoms with Crippen LogP contribution in [0.5, 0.6) is 0 Å². The van der Waals surface area contributed by atoms with Crippen LogP contribution < -0.4 is 16.0 Å². The van der Waals surface area contributed by atoms with E-state index in [0.29, 0.717) is 12.4 Å². The van der Waals surface area contributed by atoms with Gasteiger partial charge in [-0.3, -0.25) is 4.79 Å². The fourth-order valence-corrected chi connectivity index (χ4v) is 1.80. The Hall–Kier alpha value is -2.41. The molecule has 8 heteroatoms. The van der Waals surface area contributed by atoms with Crippen molar-refractivity contribution in [3.63, 3.8) is 0 Å². The van der Waals surface area contributed by atoms with Gasteiger partial charge in [-0.05, 0) is 17.7 Å². The van der Waals surface area contributed by atoms with Crippen LogP contribution >= 0.6 is 11.6 Å². The first-order valence-electron chi connectivity index (χ1n) is 6.16. The standard InChI is InChI=1S/C13H15ClN6O/c1-20(2)11-4-3-8(6-16-11)7-17-13-9(12(15)21)5-10(14)18-19-13/h3-6H,7H2,1-2H3,(H2,15,21)(H,17,19). The lowest BCUT2D eigenvalue weighted by molar-refractivity contribution is 0.100. The molecule has 3 N–H and O–H groups in total. The quantitative estimate of drug-likeness (QED) is 0.864. The van der Waals surface area contributed by atoms with E-state index in [0.717, 1.165) is 11.4 Å². The lowest BCUT2D eigenvalue weighted by Crippen LogP contribution is -2.16. The van der Waals surface area contributed by atoms with Gasteiger partial charge in [0.1, 0.15) is 5.82 Å². The number of hydrogen-bond acceptors (Lipinski definition) is 6. The molecule has 1 amide bonds. The minimum atomic E-state index is -0.615. The molecule has 0 bridgehead atoms. The van der Waals surface area contributed by atoms with E-state index in [-0.39, 0.29) is 10.7 Å². The van der Waals surface area contributed by atoms with Crippen LogP contribution in [0.4, 0.5) is 11.6 Å². The molecule has 0 atom stereocenters. The molecule has 7 nitrogen and oxygen atoms in total. The van der Waals surface area contributed by atoms with E-state index in [1.807, 2.05) is 31.1 Å². The van der Waals surface area contributed by atoms with Crippen LogP contribution in [0.3, 0.4) is 0 Å². The summed E-state index contributed by atoms with van der Waals surface area (Å²) < 4.78 is 0. The smallest absolute Gasteiger partial charge is 0.252 e. The van der Waals surface area contributed by atoms with Crippen molar-refractivity contribution in [2.75, 3.05) is 24.3 Å². The molecule has 110 valence electrons. The molecule has 0 saturated heterocycles. The SMILES string of the molecule is CN(C)c1ccc(CNc2nnc(Cl)cc2C(N)=O)cn1. The van der Waals surface area contributed by atoms with Crippen molar-refractivity contribution in [1.82, 2.24) is 15.2 Å². The highest BCUT2D eigenvalue weighted by Gasteiger charge is 2.11. The zero-order valence-electron chi connectivity index (χ0n) is 11.7. The zero-order chi connectivity index (χ0) is 15.4. The van der Waals surface area contributed by atoms with Crippen molar-refractivity contribution in [2.24, 2.45) is 5.73 Å². The largest absolute Gasteiger partial charge is 0.365 e. The highest BCUT2D eigenvalue weighted by atomic mass is 35.5. The zero-order valence-corrected chi connectivity index (χ0v) is 12.4. The van der Waals surface area contributed by atoms with E-state index in [1.54, 1.807) is 6.20 Å². The summed E-state index contributed by atoms with van der Waals surface area (Å²) in [7, 11) is 3.84. The number of amides is 1. The highest BCUT2D eigenvalue weighted by molar-refractivity contribution is 6.29. The van der Waals surface area contributed by atoms with Gasteiger partial charge in [0.25, 0.3) is 5.91 Å². The molecule has 2 heterocycles. The first kappa shape index (κ1) is 15.0. The molecule has 0 radical (unpaired) electrons. The number of carbonyl (C=O) groups excluding carboxylic acids is 1. The predicted octanol–water partition coefficient (Wildman–Crippen LogP) is 1.30. The van der Waals surface area contributed by atoms with Gasteiger partial charge in [0.05, 0.1) is 5.56 Å². The number of rotatable bonds is 5. The van der Waals surface area contributed by atoms with Gasteiger partial charge in [-0.25, -0.2) is 4.98 Å². The molecule has 0 unspecified atom stereocenters. The van der Waals surface area contributed by atoms with Crippen LogP contribution in [0.1, 0.15) is 15.9 Å². The van der Waals surface area contributed by atoms with Crippen molar-refractivity contribution in [3.8, 4) is 0 Å². The second kappa shape index (κ2) is 6.36. The molecule has 0 saturated carbocycles. The Bertz CT molecular complexity index is 644. The number of hydrogen-bond donors (Lipinski definition) is 2. The Kier molecular flexibility index (Phi) is 4.54. The van der Waals surface area contributed by atoms with Crippen molar-refractivity contribution in [1.29, 1.82) is 0 Å². The number of nitrogens with zero attached hydrogens (tertiary/aromatic N) is 4. The first-order chi connectivity index (χ1) is 9.97. The Labute approximate surface area is 127 Å². The molecule has 0 aliphatic rings. The van der Waals surface area contributed by atoms with E-state index < -0.39 is 5.91 Å². The summed E-state index contributed by atoms with van der Waals surface area (Å²) in [6.45, 7) is 0.442. The van der Waals surface area contributed by atoms with Gasteiger partial charge < -0.3 is 16.0 Å². The third-order valence-corrected chi connectivity index (χ3v) is 2.94. The summed E-state index contributed by atoms with van der Waals surface area (Å²) in [6.07, 6.45) is 1.75. The summed E-state index contributed by atoms with van der Waals surface area (Å²) in [5, 5.41) is 10.6. The van der Waals surface area contributed by atoms with Crippen LogP contribution in [0.15, 0.2) is 24.4 Å².